The third kappa shape index (κ3) is 8.61. The molecule has 0 heterocycles. The molecule has 204 valence electrons. The van der Waals surface area contributed by atoms with Crippen molar-refractivity contribution in [3.63, 3.8) is 0 Å². The van der Waals surface area contributed by atoms with Gasteiger partial charge in [-0.3, -0.25) is 4.90 Å². The van der Waals surface area contributed by atoms with Crippen molar-refractivity contribution < 1.29 is 4.74 Å². The molecule has 0 radical (unpaired) electrons. The minimum absolute atomic E-state index is 0.527. The highest BCUT2D eigenvalue weighted by molar-refractivity contribution is 5.34. The molecule has 3 aliphatic rings. The summed E-state index contributed by atoms with van der Waals surface area (Å²) in [6.45, 7) is 9.51. The van der Waals surface area contributed by atoms with Crippen LogP contribution >= 0.6 is 0 Å². The molecular formula is C34H52N2O. The van der Waals surface area contributed by atoms with Gasteiger partial charge in [0, 0.05) is 12.5 Å². The summed E-state index contributed by atoms with van der Waals surface area (Å²) in [7, 11) is 0. The Morgan fingerprint density at radius 2 is 1.46 bits per heavy atom. The highest BCUT2D eigenvalue weighted by Gasteiger charge is 2.36. The van der Waals surface area contributed by atoms with Crippen LogP contribution in [0.2, 0.25) is 0 Å². The number of hydrogen-bond donors (Lipinski definition) is 0. The average molecular weight is 505 g/mol. The van der Waals surface area contributed by atoms with E-state index < -0.39 is 0 Å². The van der Waals surface area contributed by atoms with E-state index in [4.69, 9.17) is 4.74 Å². The van der Waals surface area contributed by atoms with Gasteiger partial charge >= 0.3 is 0 Å². The van der Waals surface area contributed by atoms with Crippen molar-refractivity contribution in [2.75, 3.05) is 19.7 Å². The Morgan fingerprint density at radius 1 is 0.865 bits per heavy atom. The molecule has 3 heteroatoms. The minimum atomic E-state index is 0.527. The fourth-order valence-electron chi connectivity index (χ4n) is 7.70. The van der Waals surface area contributed by atoms with Gasteiger partial charge in [-0.2, -0.15) is 5.26 Å². The van der Waals surface area contributed by atoms with Crippen molar-refractivity contribution in [1.29, 1.82) is 5.26 Å². The molecule has 0 spiro atoms. The van der Waals surface area contributed by atoms with Crippen LogP contribution in [0.3, 0.4) is 0 Å². The van der Waals surface area contributed by atoms with Gasteiger partial charge in [-0.05, 0) is 93.5 Å². The molecule has 0 amide bonds. The Kier molecular flexibility index (Phi) is 11.4. The second kappa shape index (κ2) is 15.0. The van der Waals surface area contributed by atoms with Gasteiger partial charge in [-0.25, -0.2) is 0 Å². The maximum atomic E-state index is 9.38. The van der Waals surface area contributed by atoms with E-state index in [1.165, 1.54) is 115 Å². The molecule has 0 aliphatic heterocycles. The summed E-state index contributed by atoms with van der Waals surface area (Å²) < 4.78 is 5.76. The lowest BCUT2D eigenvalue weighted by atomic mass is 9.72. The summed E-state index contributed by atoms with van der Waals surface area (Å²) in [4.78, 5) is 2.94. The molecule has 3 saturated carbocycles. The second-order valence-corrected chi connectivity index (χ2v) is 12.4. The van der Waals surface area contributed by atoms with Gasteiger partial charge in [-0.1, -0.05) is 82.9 Å². The van der Waals surface area contributed by atoms with E-state index in [0.29, 0.717) is 24.5 Å². The maximum Gasteiger partial charge on any atom is 0.0991 e. The molecule has 3 fully saturated rings. The van der Waals surface area contributed by atoms with Gasteiger partial charge in [0.2, 0.25) is 0 Å². The molecule has 0 bridgehead atoms. The van der Waals surface area contributed by atoms with E-state index >= 15 is 0 Å². The summed E-state index contributed by atoms with van der Waals surface area (Å²) in [6.07, 6.45) is 21.9. The summed E-state index contributed by atoms with van der Waals surface area (Å²) in [6, 6.07) is 11.5. The Bertz CT molecular complexity index is 822. The third-order valence-electron chi connectivity index (χ3n) is 9.82. The standard InChI is InChI=1S/C34H52N2O/c1-3-37-27(2)24-31-16-19-34(33(25-31)32-17-14-30(26-35)15-18-32)36(22-20-28-10-6-4-7-11-28)23-21-29-12-8-5-9-13-29/h14-15,17-18,28-29,31,33-34H,2-13,16,19-25H2,1H3/t31?,33-,34+/m0/s1. The smallest absolute Gasteiger partial charge is 0.0991 e. The zero-order chi connectivity index (χ0) is 25.9. The zero-order valence-corrected chi connectivity index (χ0v) is 23.6. The molecule has 1 aromatic carbocycles. The first-order chi connectivity index (χ1) is 18.2. The van der Waals surface area contributed by atoms with Crippen LogP contribution in [0.5, 0.6) is 0 Å². The van der Waals surface area contributed by atoms with E-state index in [0.717, 1.165) is 29.6 Å². The second-order valence-electron chi connectivity index (χ2n) is 12.4. The van der Waals surface area contributed by atoms with Gasteiger partial charge < -0.3 is 4.74 Å². The van der Waals surface area contributed by atoms with E-state index in [9.17, 15) is 5.26 Å². The number of nitriles is 1. The van der Waals surface area contributed by atoms with E-state index in [1.807, 2.05) is 12.1 Å². The van der Waals surface area contributed by atoms with E-state index in [-0.39, 0.29) is 0 Å². The van der Waals surface area contributed by atoms with Gasteiger partial charge in [0.15, 0.2) is 0 Å². The van der Waals surface area contributed by atoms with Crippen LogP contribution in [0.15, 0.2) is 36.6 Å². The maximum absolute atomic E-state index is 9.38. The van der Waals surface area contributed by atoms with Crippen LogP contribution in [0.1, 0.15) is 127 Å². The molecule has 3 nitrogen and oxygen atoms in total. The highest BCUT2D eigenvalue weighted by atomic mass is 16.5. The van der Waals surface area contributed by atoms with Crippen LogP contribution < -0.4 is 0 Å². The van der Waals surface area contributed by atoms with E-state index in [2.05, 4.69) is 36.6 Å². The van der Waals surface area contributed by atoms with Crippen LogP contribution in [-0.2, 0) is 4.74 Å². The number of ether oxygens (including phenoxy) is 1. The summed E-state index contributed by atoms with van der Waals surface area (Å²) in [5.74, 6) is 3.99. The summed E-state index contributed by atoms with van der Waals surface area (Å²) in [5.41, 5.74) is 2.19. The Hall–Kier alpha value is -1.79. The summed E-state index contributed by atoms with van der Waals surface area (Å²) in [5, 5.41) is 9.38. The molecule has 0 N–H and O–H groups in total. The van der Waals surface area contributed by atoms with E-state index in [1.54, 1.807) is 0 Å². The van der Waals surface area contributed by atoms with Crippen molar-refractivity contribution in [3.05, 3.63) is 47.7 Å². The minimum Gasteiger partial charge on any atom is -0.499 e. The van der Waals surface area contributed by atoms with Crippen LogP contribution in [0.25, 0.3) is 0 Å². The Morgan fingerprint density at radius 3 is 2.00 bits per heavy atom. The molecule has 37 heavy (non-hydrogen) atoms. The predicted molar refractivity (Wildman–Crippen MR) is 154 cm³/mol. The fraction of sp³-hybridized carbons (Fsp3) is 0.735. The van der Waals surface area contributed by atoms with Crippen molar-refractivity contribution in [2.45, 2.75) is 122 Å². The topological polar surface area (TPSA) is 36.3 Å². The lowest BCUT2D eigenvalue weighted by Crippen LogP contribution is -2.45. The van der Waals surface area contributed by atoms with Crippen molar-refractivity contribution in [3.8, 4) is 6.07 Å². The number of hydrogen-bond acceptors (Lipinski definition) is 3. The number of allylic oxidation sites excluding steroid dienone is 1. The van der Waals surface area contributed by atoms with Crippen molar-refractivity contribution >= 4 is 0 Å². The largest absolute Gasteiger partial charge is 0.499 e. The number of benzene rings is 1. The Labute approximate surface area is 227 Å². The third-order valence-corrected chi connectivity index (χ3v) is 9.82. The van der Waals surface area contributed by atoms with Crippen LogP contribution in [0.4, 0.5) is 0 Å². The lowest BCUT2D eigenvalue weighted by molar-refractivity contribution is 0.0909. The molecule has 0 aromatic heterocycles. The molecule has 4 rings (SSSR count). The molecule has 1 aromatic rings. The summed E-state index contributed by atoms with van der Waals surface area (Å²) >= 11 is 0. The van der Waals surface area contributed by atoms with Gasteiger partial charge in [0.05, 0.1) is 24.0 Å². The van der Waals surface area contributed by atoms with Crippen LogP contribution in [-0.4, -0.2) is 30.6 Å². The normalized spacial score (nSPS) is 25.6. The van der Waals surface area contributed by atoms with Crippen LogP contribution in [0, 0.1) is 29.1 Å². The molecule has 3 aliphatic carbocycles. The van der Waals surface area contributed by atoms with Crippen molar-refractivity contribution in [2.24, 2.45) is 17.8 Å². The quantitative estimate of drug-likeness (QED) is 0.266. The zero-order valence-electron chi connectivity index (χ0n) is 23.6. The lowest BCUT2D eigenvalue weighted by Gasteiger charge is -2.44. The highest BCUT2D eigenvalue weighted by Crippen LogP contribution is 2.42. The monoisotopic (exact) mass is 504 g/mol. The Balaban J connectivity index is 1.50. The van der Waals surface area contributed by atoms with Gasteiger partial charge in [-0.15, -0.1) is 0 Å². The molecular weight excluding hydrogens is 452 g/mol. The number of rotatable bonds is 12. The van der Waals surface area contributed by atoms with Gasteiger partial charge in [0.25, 0.3) is 0 Å². The first-order valence-electron chi connectivity index (χ1n) is 15.7. The molecule has 0 saturated heterocycles. The predicted octanol–water partition coefficient (Wildman–Crippen LogP) is 8.99. The SMILES string of the molecule is C=C(CC1CC[C@@H](N(CCC2CCCCC2)CCC2CCCCC2)[C@H](c2ccc(C#N)cc2)C1)OCC. The fourth-order valence-corrected chi connectivity index (χ4v) is 7.70. The first kappa shape index (κ1) is 28.2. The molecule has 1 unspecified atom stereocenters. The molecule has 3 atom stereocenters. The first-order valence-corrected chi connectivity index (χ1v) is 15.7. The van der Waals surface area contributed by atoms with Crippen molar-refractivity contribution in [1.82, 2.24) is 4.90 Å². The average Bonchev–Trinajstić information content (AvgIpc) is 2.94. The van der Waals surface area contributed by atoms with Gasteiger partial charge in [0.1, 0.15) is 0 Å². The number of nitrogens with zero attached hydrogens (tertiary/aromatic N) is 2.